The minimum Gasteiger partial charge on any atom is -0.372 e. The van der Waals surface area contributed by atoms with Crippen LogP contribution in [-0.4, -0.2) is 10.8 Å². The average molecular weight is 423 g/mol. The maximum absolute atomic E-state index is 13.6. The SMILES string of the molecule is O=C1CC(c2ccc(F)cc2)CC2=C1C(c1c[nH]c3ccccc13)Nc1ccccc1N2. The number of halogens is 1. The van der Waals surface area contributed by atoms with Crippen molar-refractivity contribution in [3.05, 3.63) is 107 Å². The monoisotopic (exact) mass is 423 g/mol. The first-order valence-corrected chi connectivity index (χ1v) is 10.9. The van der Waals surface area contributed by atoms with E-state index in [0.717, 1.165) is 44.7 Å². The van der Waals surface area contributed by atoms with Crippen LogP contribution < -0.4 is 10.6 Å². The second kappa shape index (κ2) is 7.38. The third kappa shape index (κ3) is 3.09. The van der Waals surface area contributed by atoms with Gasteiger partial charge in [-0.3, -0.25) is 4.79 Å². The molecule has 1 aromatic heterocycles. The molecule has 3 aromatic carbocycles. The number of Topliss-reactive ketones (excluding diaryl/α,β-unsaturated/α-hetero) is 1. The number of aromatic nitrogens is 1. The highest BCUT2D eigenvalue weighted by Crippen LogP contribution is 2.45. The van der Waals surface area contributed by atoms with Gasteiger partial charge in [0.1, 0.15) is 5.82 Å². The van der Waals surface area contributed by atoms with Gasteiger partial charge in [0.05, 0.1) is 17.4 Å². The number of allylic oxidation sites excluding steroid dienone is 1. The van der Waals surface area contributed by atoms with E-state index in [2.05, 4.69) is 21.7 Å². The zero-order valence-electron chi connectivity index (χ0n) is 17.4. The minimum atomic E-state index is -0.265. The lowest BCUT2D eigenvalue weighted by Gasteiger charge is -2.29. The van der Waals surface area contributed by atoms with Gasteiger partial charge in [-0.15, -0.1) is 0 Å². The molecule has 4 aromatic rings. The Balaban J connectivity index is 1.49. The molecular weight excluding hydrogens is 401 g/mol. The lowest BCUT2D eigenvalue weighted by Crippen LogP contribution is -2.26. The van der Waals surface area contributed by atoms with E-state index in [-0.39, 0.29) is 23.6 Å². The van der Waals surface area contributed by atoms with Crippen LogP contribution in [0.4, 0.5) is 15.8 Å². The molecule has 158 valence electrons. The van der Waals surface area contributed by atoms with Crippen molar-refractivity contribution in [1.82, 2.24) is 4.98 Å². The van der Waals surface area contributed by atoms with Gasteiger partial charge in [-0.2, -0.15) is 0 Å². The standard InChI is InChI=1S/C27H22FN3O/c28-18-11-9-16(10-12-18)17-13-24-26(25(32)14-17)27(31-23-8-4-3-7-22(23)30-24)20-15-29-21-6-2-1-5-19(20)21/h1-12,15,17,27,29-31H,13-14H2. The Kier molecular flexibility index (Phi) is 4.35. The van der Waals surface area contributed by atoms with Crippen molar-refractivity contribution in [1.29, 1.82) is 0 Å². The van der Waals surface area contributed by atoms with Gasteiger partial charge in [-0.1, -0.05) is 42.5 Å². The van der Waals surface area contributed by atoms with Crippen LogP contribution in [-0.2, 0) is 4.79 Å². The maximum Gasteiger partial charge on any atom is 0.163 e. The first-order valence-electron chi connectivity index (χ1n) is 10.9. The summed E-state index contributed by atoms with van der Waals surface area (Å²) in [6.45, 7) is 0. The molecule has 0 spiro atoms. The van der Waals surface area contributed by atoms with Crippen LogP contribution in [0.25, 0.3) is 10.9 Å². The summed E-state index contributed by atoms with van der Waals surface area (Å²) < 4.78 is 13.5. The molecule has 1 aliphatic heterocycles. The van der Waals surface area contributed by atoms with Crippen molar-refractivity contribution >= 4 is 28.1 Å². The third-order valence-electron chi connectivity index (χ3n) is 6.58. The Labute approximate surface area is 185 Å². The summed E-state index contributed by atoms with van der Waals surface area (Å²) in [5, 5.41) is 8.29. The number of benzene rings is 3. The lowest BCUT2D eigenvalue weighted by atomic mass is 9.78. The van der Waals surface area contributed by atoms with Gasteiger partial charge in [-0.05, 0) is 48.2 Å². The molecule has 0 saturated carbocycles. The Morgan fingerprint density at radius 3 is 2.44 bits per heavy atom. The molecule has 0 bridgehead atoms. The van der Waals surface area contributed by atoms with Crippen LogP contribution >= 0.6 is 0 Å². The summed E-state index contributed by atoms with van der Waals surface area (Å²) in [6.07, 6.45) is 3.10. The van der Waals surface area contributed by atoms with Gasteiger partial charge in [0.25, 0.3) is 0 Å². The molecule has 0 amide bonds. The van der Waals surface area contributed by atoms with Crippen molar-refractivity contribution in [2.24, 2.45) is 0 Å². The molecule has 0 radical (unpaired) electrons. The number of carbonyl (C=O) groups is 1. The summed E-state index contributed by atoms with van der Waals surface area (Å²) >= 11 is 0. The van der Waals surface area contributed by atoms with E-state index in [9.17, 15) is 9.18 Å². The van der Waals surface area contributed by atoms with E-state index in [4.69, 9.17) is 0 Å². The second-order valence-electron chi connectivity index (χ2n) is 8.51. The number of aromatic amines is 1. The lowest BCUT2D eigenvalue weighted by molar-refractivity contribution is -0.116. The number of para-hydroxylation sites is 3. The van der Waals surface area contributed by atoms with Crippen molar-refractivity contribution in [2.75, 3.05) is 10.6 Å². The average Bonchev–Trinajstić information content (AvgIpc) is 3.15. The summed E-state index contributed by atoms with van der Waals surface area (Å²) in [5.41, 5.74) is 6.72. The number of fused-ring (bicyclic) bond motifs is 2. The number of H-pyrrole nitrogens is 1. The van der Waals surface area contributed by atoms with Gasteiger partial charge in [0.15, 0.2) is 5.78 Å². The van der Waals surface area contributed by atoms with Gasteiger partial charge < -0.3 is 15.6 Å². The van der Waals surface area contributed by atoms with Crippen LogP contribution in [0.1, 0.15) is 35.9 Å². The molecule has 2 atom stereocenters. The third-order valence-corrected chi connectivity index (χ3v) is 6.58. The van der Waals surface area contributed by atoms with Gasteiger partial charge in [0, 0.05) is 40.4 Å². The Bertz CT molecular complexity index is 1370. The van der Waals surface area contributed by atoms with Crippen molar-refractivity contribution in [2.45, 2.75) is 24.8 Å². The smallest absolute Gasteiger partial charge is 0.163 e. The molecule has 2 aliphatic rings. The minimum absolute atomic E-state index is 0.0169. The highest BCUT2D eigenvalue weighted by molar-refractivity contribution is 6.02. The molecule has 0 fully saturated rings. The van der Waals surface area contributed by atoms with E-state index in [1.54, 1.807) is 12.1 Å². The number of ketones is 1. The largest absolute Gasteiger partial charge is 0.372 e. The number of rotatable bonds is 2. The highest BCUT2D eigenvalue weighted by atomic mass is 19.1. The number of hydrogen-bond donors (Lipinski definition) is 3. The summed E-state index contributed by atoms with van der Waals surface area (Å²) in [4.78, 5) is 17.0. The number of hydrogen-bond acceptors (Lipinski definition) is 3. The zero-order chi connectivity index (χ0) is 21.7. The first kappa shape index (κ1) is 18.9. The normalized spacial score (nSPS) is 20.2. The van der Waals surface area contributed by atoms with E-state index in [0.29, 0.717) is 12.8 Å². The Morgan fingerprint density at radius 2 is 1.59 bits per heavy atom. The van der Waals surface area contributed by atoms with E-state index in [1.165, 1.54) is 12.1 Å². The number of anilines is 2. The van der Waals surface area contributed by atoms with Crippen molar-refractivity contribution in [3.63, 3.8) is 0 Å². The van der Waals surface area contributed by atoms with E-state index >= 15 is 0 Å². The Morgan fingerprint density at radius 1 is 0.844 bits per heavy atom. The number of nitrogens with one attached hydrogen (secondary N) is 3. The molecule has 6 rings (SSSR count). The van der Waals surface area contributed by atoms with Crippen LogP contribution in [0.15, 0.2) is 90.3 Å². The number of carbonyl (C=O) groups excluding carboxylic acids is 1. The molecule has 1 aliphatic carbocycles. The molecule has 32 heavy (non-hydrogen) atoms. The molecule has 2 heterocycles. The van der Waals surface area contributed by atoms with Crippen LogP contribution in [0.2, 0.25) is 0 Å². The molecule has 5 heteroatoms. The zero-order valence-corrected chi connectivity index (χ0v) is 17.4. The first-order chi connectivity index (χ1) is 15.7. The maximum atomic E-state index is 13.6. The fraction of sp³-hybridized carbons (Fsp3) is 0.148. The fourth-order valence-electron chi connectivity index (χ4n) is 5.03. The van der Waals surface area contributed by atoms with E-state index < -0.39 is 0 Å². The van der Waals surface area contributed by atoms with Gasteiger partial charge >= 0.3 is 0 Å². The topological polar surface area (TPSA) is 56.9 Å². The highest BCUT2D eigenvalue weighted by Gasteiger charge is 2.36. The molecular formula is C27H22FN3O. The van der Waals surface area contributed by atoms with Crippen LogP contribution in [0, 0.1) is 5.82 Å². The summed E-state index contributed by atoms with van der Waals surface area (Å²) in [7, 11) is 0. The summed E-state index contributed by atoms with van der Waals surface area (Å²) in [5.74, 6) is -0.132. The molecule has 2 unspecified atom stereocenters. The summed E-state index contributed by atoms with van der Waals surface area (Å²) in [6, 6.07) is 22.4. The van der Waals surface area contributed by atoms with Crippen molar-refractivity contribution in [3.8, 4) is 0 Å². The predicted octanol–water partition coefficient (Wildman–Crippen LogP) is 6.29. The second-order valence-corrected chi connectivity index (χ2v) is 8.51. The van der Waals surface area contributed by atoms with Crippen molar-refractivity contribution < 1.29 is 9.18 Å². The van der Waals surface area contributed by atoms with Gasteiger partial charge in [-0.25, -0.2) is 4.39 Å². The van der Waals surface area contributed by atoms with E-state index in [1.807, 2.05) is 48.7 Å². The fourth-order valence-corrected chi connectivity index (χ4v) is 5.03. The molecule has 0 saturated heterocycles. The Hall–Kier alpha value is -3.86. The van der Waals surface area contributed by atoms with Crippen LogP contribution in [0.3, 0.4) is 0 Å². The quantitative estimate of drug-likeness (QED) is 0.355. The molecule has 3 N–H and O–H groups in total. The molecule has 4 nitrogen and oxygen atoms in total. The van der Waals surface area contributed by atoms with Crippen LogP contribution in [0.5, 0.6) is 0 Å². The predicted molar refractivity (Wildman–Crippen MR) is 125 cm³/mol. The van der Waals surface area contributed by atoms with Gasteiger partial charge in [0.2, 0.25) is 0 Å².